The van der Waals surface area contributed by atoms with E-state index in [0.717, 1.165) is 72.7 Å². The summed E-state index contributed by atoms with van der Waals surface area (Å²) in [5, 5.41) is 14.2. The summed E-state index contributed by atoms with van der Waals surface area (Å²) in [6.45, 7) is 5.28. The first-order valence-electron chi connectivity index (χ1n) is 13.4. The molecule has 4 bridgehead atoms. The highest BCUT2D eigenvalue weighted by atomic mass is 32.2. The Hall–Kier alpha value is -3.60. The number of H-pyrrole nitrogens is 1. The standard InChI is InChI=1S/C29H30N6O3S/c36-24(30-8-9-34-10-12-38-13-11-34)15-23-29(37)31-28-25-26(32-33-28)19-5-3-4-18(14-19)16-35-17-21(27(25)39-23)20-6-1-2-7-22(20)35/h1-7,14,17,23,27H,8-13,15-16H2,(H,30,36)(H2,31,32,33,37). The van der Waals surface area contributed by atoms with Crippen LogP contribution in [0.1, 0.15) is 28.4 Å². The minimum atomic E-state index is -0.558. The number of benzene rings is 2. The van der Waals surface area contributed by atoms with Gasteiger partial charge in [0.2, 0.25) is 11.8 Å². The topological polar surface area (TPSA) is 104 Å². The van der Waals surface area contributed by atoms with E-state index < -0.39 is 5.25 Å². The van der Waals surface area contributed by atoms with E-state index in [1.165, 1.54) is 17.3 Å². The summed E-state index contributed by atoms with van der Waals surface area (Å²) < 4.78 is 7.68. The van der Waals surface area contributed by atoms with Crippen LogP contribution in [0.4, 0.5) is 5.82 Å². The fourth-order valence-corrected chi connectivity index (χ4v) is 7.30. The number of aromatic nitrogens is 3. The molecule has 3 aliphatic heterocycles. The number of anilines is 1. The Balaban J connectivity index is 1.22. The predicted octanol–water partition coefficient (Wildman–Crippen LogP) is 3.37. The second-order valence-electron chi connectivity index (χ2n) is 10.3. The molecule has 0 radical (unpaired) electrons. The Labute approximate surface area is 230 Å². The Bertz CT molecular complexity index is 1560. The van der Waals surface area contributed by atoms with E-state index in [1.807, 2.05) is 0 Å². The fraction of sp³-hybridized carbons (Fsp3) is 0.345. The zero-order valence-electron chi connectivity index (χ0n) is 21.5. The highest BCUT2D eigenvalue weighted by Crippen LogP contribution is 2.50. The number of aromatic amines is 1. The van der Waals surface area contributed by atoms with Crippen LogP contribution in [-0.2, 0) is 20.9 Å². The van der Waals surface area contributed by atoms with Gasteiger partial charge in [0, 0.05) is 67.4 Å². The van der Waals surface area contributed by atoms with Crippen LogP contribution in [0, 0.1) is 0 Å². The zero-order chi connectivity index (χ0) is 26.3. The van der Waals surface area contributed by atoms with Gasteiger partial charge in [0.25, 0.3) is 0 Å². The lowest BCUT2D eigenvalue weighted by atomic mass is 9.98. The molecule has 39 heavy (non-hydrogen) atoms. The number of amides is 2. The number of rotatable bonds is 5. The van der Waals surface area contributed by atoms with Gasteiger partial charge < -0.3 is 19.9 Å². The number of nitrogens with one attached hydrogen (secondary N) is 3. The quantitative estimate of drug-likeness (QED) is 0.357. The Kier molecular flexibility index (Phi) is 6.38. The van der Waals surface area contributed by atoms with Crippen LogP contribution in [0.25, 0.3) is 22.2 Å². The van der Waals surface area contributed by atoms with Crippen molar-refractivity contribution in [2.45, 2.75) is 23.5 Å². The molecular formula is C29H30N6O3S. The molecule has 200 valence electrons. The van der Waals surface area contributed by atoms with Gasteiger partial charge in [0.05, 0.1) is 29.4 Å². The van der Waals surface area contributed by atoms with Crippen LogP contribution >= 0.6 is 11.8 Å². The molecule has 5 heterocycles. The number of ether oxygens (including phenoxy) is 1. The second kappa shape index (κ2) is 10.2. The highest BCUT2D eigenvalue weighted by Gasteiger charge is 2.38. The number of morpholine rings is 1. The molecule has 3 N–H and O–H groups in total. The molecule has 1 saturated heterocycles. The van der Waals surface area contributed by atoms with E-state index in [1.54, 1.807) is 0 Å². The van der Waals surface area contributed by atoms with Crippen molar-refractivity contribution >= 4 is 40.3 Å². The van der Waals surface area contributed by atoms with E-state index in [-0.39, 0.29) is 23.5 Å². The van der Waals surface area contributed by atoms with Crippen LogP contribution in [0.5, 0.6) is 0 Å². The van der Waals surface area contributed by atoms with Crippen molar-refractivity contribution in [3.05, 3.63) is 71.4 Å². The first kappa shape index (κ1) is 24.4. The van der Waals surface area contributed by atoms with Crippen molar-refractivity contribution < 1.29 is 14.3 Å². The first-order chi connectivity index (χ1) is 19.1. The van der Waals surface area contributed by atoms with Gasteiger partial charge in [-0.3, -0.25) is 19.6 Å². The summed E-state index contributed by atoms with van der Waals surface area (Å²) in [5.41, 5.74) is 6.35. The molecule has 10 heteroatoms. The maximum atomic E-state index is 13.4. The van der Waals surface area contributed by atoms with E-state index in [4.69, 9.17) is 4.74 Å². The maximum Gasteiger partial charge on any atom is 0.239 e. The summed E-state index contributed by atoms with van der Waals surface area (Å²) in [5.74, 6) is 0.218. The fourth-order valence-electron chi connectivity index (χ4n) is 5.84. The maximum absolute atomic E-state index is 13.4. The molecule has 4 aromatic rings. The van der Waals surface area contributed by atoms with E-state index >= 15 is 0 Å². The third kappa shape index (κ3) is 4.62. The number of carbonyl (C=O) groups excluding carboxylic acids is 2. The van der Waals surface area contributed by atoms with Crippen molar-refractivity contribution in [1.82, 2.24) is 25.0 Å². The smallest absolute Gasteiger partial charge is 0.239 e. The summed E-state index contributed by atoms with van der Waals surface area (Å²) in [6.07, 6.45) is 2.31. The van der Waals surface area contributed by atoms with Crippen molar-refractivity contribution in [3.8, 4) is 11.3 Å². The molecule has 2 aromatic carbocycles. The largest absolute Gasteiger partial charge is 0.379 e. The molecule has 7 rings (SSSR count). The molecular weight excluding hydrogens is 512 g/mol. The molecule has 2 unspecified atom stereocenters. The third-order valence-electron chi connectivity index (χ3n) is 7.80. The van der Waals surface area contributed by atoms with Gasteiger partial charge >= 0.3 is 0 Å². The molecule has 1 fully saturated rings. The number of hydrogen-bond donors (Lipinski definition) is 3. The minimum Gasteiger partial charge on any atom is -0.379 e. The monoisotopic (exact) mass is 542 g/mol. The summed E-state index contributed by atoms with van der Waals surface area (Å²) in [6, 6.07) is 16.8. The molecule has 2 atom stereocenters. The number of nitrogens with zero attached hydrogens (tertiary/aromatic N) is 3. The molecule has 0 saturated carbocycles. The van der Waals surface area contributed by atoms with Gasteiger partial charge in [-0.25, -0.2) is 0 Å². The van der Waals surface area contributed by atoms with Gasteiger partial charge in [-0.1, -0.05) is 36.4 Å². The van der Waals surface area contributed by atoms with Crippen molar-refractivity contribution in [3.63, 3.8) is 0 Å². The zero-order valence-corrected chi connectivity index (χ0v) is 22.3. The van der Waals surface area contributed by atoms with Crippen LogP contribution in [-0.4, -0.2) is 76.1 Å². The Morgan fingerprint density at radius 3 is 2.92 bits per heavy atom. The van der Waals surface area contributed by atoms with Crippen molar-refractivity contribution in [1.29, 1.82) is 0 Å². The molecule has 9 nitrogen and oxygen atoms in total. The highest BCUT2D eigenvalue weighted by molar-refractivity contribution is 8.01. The van der Waals surface area contributed by atoms with E-state index in [9.17, 15) is 9.59 Å². The predicted molar refractivity (Wildman–Crippen MR) is 152 cm³/mol. The lowest BCUT2D eigenvalue weighted by Crippen LogP contribution is -2.42. The third-order valence-corrected chi connectivity index (χ3v) is 9.27. The first-order valence-corrected chi connectivity index (χ1v) is 14.4. The van der Waals surface area contributed by atoms with Crippen LogP contribution in [0.2, 0.25) is 0 Å². The number of fused-ring (bicyclic) bond motifs is 9. The minimum absolute atomic E-state index is 0.105. The van der Waals surface area contributed by atoms with Crippen LogP contribution in [0.15, 0.2) is 54.7 Å². The van der Waals surface area contributed by atoms with E-state index in [0.29, 0.717) is 12.4 Å². The molecule has 2 aromatic heterocycles. The summed E-state index contributed by atoms with van der Waals surface area (Å²) in [7, 11) is 0. The van der Waals surface area contributed by atoms with Gasteiger partial charge in [-0.15, -0.1) is 11.8 Å². The van der Waals surface area contributed by atoms with Gasteiger partial charge in [0.1, 0.15) is 0 Å². The lowest BCUT2D eigenvalue weighted by Gasteiger charge is -2.26. The molecule has 3 aliphatic rings. The number of thioether (sulfide) groups is 1. The van der Waals surface area contributed by atoms with Crippen LogP contribution < -0.4 is 10.6 Å². The molecule has 2 amide bonds. The van der Waals surface area contributed by atoms with Crippen LogP contribution in [0.3, 0.4) is 0 Å². The SMILES string of the molecule is O=C(CC1SC2c3c(n[nH]c3-c3cccc(c3)Cn3cc2c2ccccc23)NC1=O)NCCN1CCOCC1. The molecule has 0 aliphatic carbocycles. The number of hydrogen-bond acceptors (Lipinski definition) is 6. The van der Waals surface area contributed by atoms with E-state index in [2.05, 4.69) is 85.0 Å². The number of para-hydroxylation sites is 1. The number of carbonyl (C=O) groups is 2. The van der Waals surface area contributed by atoms with Gasteiger partial charge in [-0.05, 0) is 23.3 Å². The average Bonchev–Trinajstić information content (AvgIpc) is 3.49. The second-order valence-corrected chi connectivity index (χ2v) is 11.6. The van der Waals surface area contributed by atoms with Crippen molar-refractivity contribution in [2.24, 2.45) is 0 Å². The van der Waals surface area contributed by atoms with Gasteiger partial charge in [0.15, 0.2) is 5.82 Å². The summed E-state index contributed by atoms with van der Waals surface area (Å²) >= 11 is 1.54. The van der Waals surface area contributed by atoms with Crippen molar-refractivity contribution in [2.75, 3.05) is 44.7 Å². The Morgan fingerprint density at radius 2 is 2.03 bits per heavy atom. The lowest BCUT2D eigenvalue weighted by molar-refractivity contribution is -0.124. The molecule has 0 spiro atoms. The Morgan fingerprint density at radius 1 is 1.15 bits per heavy atom. The van der Waals surface area contributed by atoms with Gasteiger partial charge in [-0.2, -0.15) is 5.10 Å². The average molecular weight is 543 g/mol. The summed E-state index contributed by atoms with van der Waals surface area (Å²) in [4.78, 5) is 28.7. The normalized spacial score (nSPS) is 20.7.